The number of likely N-dealkylation sites (N-methyl/N-ethyl adjacent to an activating group) is 1. The first-order valence-electron chi connectivity index (χ1n) is 9.89. The maximum atomic E-state index is 4.35. The van der Waals surface area contributed by atoms with Crippen LogP contribution in [0.1, 0.15) is 43.5 Å². The van der Waals surface area contributed by atoms with Gasteiger partial charge in [-0.15, -0.1) is 0 Å². The van der Waals surface area contributed by atoms with E-state index in [1.807, 2.05) is 25.0 Å². The van der Waals surface area contributed by atoms with Crippen LogP contribution in [0.4, 0.5) is 0 Å². The third-order valence-corrected chi connectivity index (χ3v) is 4.95. The predicted molar refractivity (Wildman–Crippen MR) is 118 cm³/mol. The quantitative estimate of drug-likeness (QED) is 0.569. The normalized spacial score (nSPS) is 13.6. The van der Waals surface area contributed by atoms with Crippen molar-refractivity contribution in [1.82, 2.24) is 25.3 Å². The molecule has 0 amide bonds. The Kier molecular flexibility index (Phi) is 7.63. The first-order valence-corrected chi connectivity index (χ1v) is 9.89. The number of aliphatic imine (C=N–C) groups is 1. The van der Waals surface area contributed by atoms with Crippen molar-refractivity contribution in [3.05, 3.63) is 53.3 Å². The zero-order valence-electron chi connectivity index (χ0n) is 18.5. The lowest BCUT2D eigenvalue weighted by molar-refractivity contribution is 0.298. The zero-order valence-corrected chi connectivity index (χ0v) is 18.5. The number of nitrogens with zero attached hydrogens (tertiary/aromatic N) is 4. The molecule has 0 saturated carbocycles. The van der Waals surface area contributed by atoms with Crippen LogP contribution in [-0.4, -0.2) is 54.9 Å². The van der Waals surface area contributed by atoms with Gasteiger partial charge < -0.3 is 15.5 Å². The van der Waals surface area contributed by atoms with Crippen LogP contribution in [0.5, 0.6) is 0 Å². The minimum Gasteiger partial charge on any atom is -0.356 e. The van der Waals surface area contributed by atoms with Gasteiger partial charge in [0.25, 0.3) is 0 Å². The van der Waals surface area contributed by atoms with Crippen molar-refractivity contribution >= 4 is 5.96 Å². The van der Waals surface area contributed by atoms with Gasteiger partial charge in [-0.1, -0.05) is 45.0 Å². The van der Waals surface area contributed by atoms with Gasteiger partial charge in [-0.05, 0) is 37.1 Å². The first-order chi connectivity index (χ1) is 13.2. The molecule has 0 bridgehead atoms. The van der Waals surface area contributed by atoms with Crippen molar-refractivity contribution < 1.29 is 0 Å². The summed E-state index contributed by atoms with van der Waals surface area (Å²) in [6.07, 6.45) is 4.94. The lowest BCUT2D eigenvalue weighted by atomic mass is 9.86. The molecule has 0 fully saturated rings. The highest BCUT2D eigenvalue weighted by atomic mass is 15.3. The summed E-state index contributed by atoms with van der Waals surface area (Å²) >= 11 is 0. The zero-order chi connectivity index (χ0) is 20.7. The molecule has 2 aromatic rings. The maximum Gasteiger partial charge on any atom is 0.191 e. The van der Waals surface area contributed by atoms with E-state index in [4.69, 9.17) is 0 Å². The van der Waals surface area contributed by atoms with Gasteiger partial charge in [0.2, 0.25) is 0 Å². The van der Waals surface area contributed by atoms with E-state index in [0.29, 0.717) is 0 Å². The Balaban J connectivity index is 1.84. The second-order valence-electron chi connectivity index (χ2n) is 8.50. The van der Waals surface area contributed by atoms with E-state index in [2.05, 4.69) is 91.0 Å². The Morgan fingerprint density at radius 1 is 1.18 bits per heavy atom. The average molecular weight is 385 g/mol. The monoisotopic (exact) mass is 384 g/mol. The minimum atomic E-state index is 0.194. The fraction of sp³-hybridized carbons (Fsp3) is 0.545. The van der Waals surface area contributed by atoms with Crippen LogP contribution in [0.2, 0.25) is 0 Å². The van der Waals surface area contributed by atoms with Crippen LogP contribution in [-0.2, 0) is 18.9 Å². The summed E-state index contributed by atoms with van der Waals surface area (Å²) in [5.41, 5.74) is 4.08. The Hall–Kier alpha value is -2.34. The SMILES string of the molecule is CN=C(NCCc1ccc(C(C)(C)C)cc1)NCC(c1cnn(C)c1)N(C)C. The molecule has 1 heterocycles. The summed E-state index contributed by atoms with van der Waals surface area (Å²) in [7, 11) is 7.91. The van der Waals surface area contributed by atoms with Gasteiger partial charge in [0.05, 0.1) is 12.2 Å². The van der Waals surface area contributed by atoms with Crippen LogP contribution in [0.15, 0.2) is 41.7 Å². The third-order valence-electron chi connectivity index (χ3n) is 4.95. The van der Waals surface area contributed by atoms with E-state index < -0.39 is 0 Å². The molecule has 154 valence electrons. The molecule has 0 aliphatic rings. The van der Waals surface area contributed by atoms with Crippen molar-refractivity contribution in [2.24, 2.45) is 12.0 Å². The van der Waals surface area contributed by atoms with Crippen LogP contribution >= 0.6 is 0 Å². The van der Waals surface area contributed by atoms with Crippen LogP contribution in [0.25, 0.3) is 0 Å². The highest BCUT2D eigenvalue weighted by Crippen LogP contribution is 2.22. The van der Waals surface area contributed by atoms with E-state index in [1.165, 1.54) is 16.7 Å². The second kappa shape index (κ2) is 9.73. The molecule has 0 radical (unpaired) electrons. The summed E-state index contributed by atoms with van der Waals surface area (Å²) in [5, 5.41) is 11.1. The number of rotatable bonds is 7. The summed E-state index contributed by atoms with van der Waals surface area (Å²) < 4.78 is 1.84. The lowest BCUT2D eigenvalue weighted by Crippen LogP contribution is -2.42. The first kappa shape index (κ1) is 22.0. The molecule has 1 atom stereocenters. The van der Waals surface area contributed by atoms with Gasteiger partial charge in [0.15, 0.2) is 5.96 Å². The van der Waals surface area contributed by atoms with Gasteiger partial charge in [0.1, 0.15) is 0 Å². The van der Waals surface area contributed by atoms with Crippen LogP contribution < -0.4 is 10.6 Å². The molecular weight excluding hydrogens is 348 g/mol. The van der Waals surface area contributed by atoms with Gasteiger partial charge in [-0.2, -0.15) is 5.10 Å². The Morgan fingerprint density at radius 2 is 1.86 bits per heavy atom. The summed E-state index contributed by atoms with van der Waals surface area (Å²) in [6.45, 7) is 8.33. The van der Waals surface area contributed by atoms with Crippen molar-refractivity contribution in [2.75, 3.05) is 34.2 Å². The van der Waals surface area contributed by atoms with Gasteiger partial charge in [-0.25, -0.2) is 0 Å². The summed E-state index contributed by atoms with van der Waals surface area (Å²) in [6, 6.07) is 9.15. The Bertz CT molecular complexity index is 752. The lowest BCUT2D eigenvalue weighted by Gasteiger charge is -2.24. The van der Waals surface area contributed by atoms with Gasteiger partial charge >= 0.3 is 0 Å². The smallest absolute Gasteiger partial charge is 0.191 e. The molecule has 6 heteroatoms. The molecule has 28 heavy (non-hydrogen) atoms. The van der Waals surface area contributed by atoms with E-state index in [-0.39, 0.29) is 11.5 Å². The predicted octanol–water partition coefficient (Wildman–Crippen LogP) is 2.73. The van der Waals surface area contributed by atoms with Crippen molar-refractivity contribution in [3.63, 3.8) is 0 Å². The number of nitrogens with one attached hydrogen (secondary N) is 2. The molecule has 0 spiro atoms. The highest BCUT2D eigenvalue weighted by Gasteiger charge is 2.16. The van der Waals surface area contributed by atoms with E-state index in [0.717, 1.165) is 25.5 Å². The molecule has 0 aliphatic heterocycles. The molecule has 6 nitrogen and oxygen atoms in total. The fourth-order valence-corrected chi connectivity index (χ4v) is 3.12. The number of benzene rings is 1. The minimum absolute atomic E-state index is 0.194. The molecular formula is C22H36N6. The molecule has 1 unspecified atom stereocenters. The van der Waals surface area contributed by atoms with Crippen molar-refractivity contribution in [3.8, 4) is 0 Å². The molecule has 1 aromatic heterocycles. The van der Waals surface area contributed by atoms with Crippen molar-refractivity contribution in [1.29, 1.82) is 0 Å². The number of hydrogen-bond donors (Lipinski definition) is 2. The van der Waals surface area contributed by atoms with E-state index in [9.17, 15) is 0 Å². The fourth-order valence-electron chi connectivity index (χ4n) is 3.12. The van der Waals surface area contributed by atoms with E-state index >= 15 is 0 Å². The maximum absolute atomic E-state index is 4.35. The average Bonchev–Trinajstić information content (AvgIpc) is 3.05. The highest BCUT2D eigenvalue weighted by molar-refractivity contribution is 5.79. The van der Waals surface area contributed by atoms with Gasteiger partial charge in [0, 0.05) is 38.9 Å². The largest absolute Gasteiger partial charge is 0.356 e. The summed E-state index contributed by atoms with van der Waals surface area (Å²) in [5.74, 6) is 0.821. The molecule has 0 saturated heterocycles. The number of guanidine groups is 1. The third kappa shape index (κ3) is 6.37. The number of aryl methyl sites for hydroxylation is 1. The Labute approximate surface area is 170 Å². The van der Waals surface area contributed by atoms with E-state index in [1.54, 1.807) is 0 Å². The number of hydrogen-bond acceptors (Lipinski definition) is 3. The Morgan fingerprint density at radius 3 is 2.36 bits per heavy atom. The summed E-state index contributed by atoms with van der Waals surface area (Å²) in [4.78, 5) is 6.54. The van der Waals surface area contributed by atoms with Gasteiger partial charge in [-0.3, -0.25) is 9.67 Å². The van der Waals surface area contributed by atoms with Crippen LogP contribution in [0, 0.1) is 0 Å². The molecule has 2 rings (SSSR count). The number of aromatic nitrogens is 2. The standard InChI is InChI=1S/C22H36N6/c1-22(2,3)19-10-8-17(9-11-19)12-13-24-21(23-4)25-15-20(27(5)6)18-14-26-28(7)16-18/h8-11,14,16,20H,12-13,15H2,1-7H3,(H2,23,24,25). The molecule has 0 aliphatic carbocycles. The van der Waals surface area contributed by atoms with Crippen LogP contribution in [0.3, 0.4) is 0 Å². The molecule has 1 aromatic carbocycles. The second-order valence-corrected chi connectivity index (χ2v) is 8.50. The molecule has 2 N–H and O–H groups in total. The van der Waals surface area contributed by atoms with Crippen molar-refractivity contribution in [2.45, 2.75) is 38.6 Å². The topological polar surface area (TPSA) is 57.5 Å².